The third kappa shape index (κ3) is 5.26. The number of hydrogen-bond acceptors (Lipinski definition) is 4. The van der Waals surface area contributed by atoms with E-state index in [-0.39, 0.29) is 0 Å². The summed E-state index contributed by atoms with van der Waals surface area (Å²) < 4.78 is 4.17. The fourth-order valence-electron chi connectivity index (χ4n) is 0.259. The van der Waals surface area contributed by atoms with Crippen LogP contribution in [0.4, 0.5) is 9.59 Å². The first kappa shape index (κ1) is 9.81. The largest absolute Gasteiger partial charge is 0.453 e. The predicted molar refractivity (Wildman–Crippen MR) is 42.2 cm³/mol. The molecule has 0 bridgehead atoms. The topological polar surface area (TPSA) is 55.4 Å². The number of thioether (sulfide) groups is 1. The van der Waals surface area contributed by atoms with Gasteiger partial charge in [-0.2, -0.15) is 0 Å². The first-order valence-electron chi connectivity index (χ1n) is 2.60. The van der Waals surface area contributed by atoms with Gasteiger partial charge >= 0.3 is 6.09 Å². The zero-order valence-electron chi connectivity index (χ0n) is 5.92. The molecule has 0 aliphatic rings. The van der Waals surface area contributed by atoms with Crippen LogP contribution in [0.25, 0.3) is 0 Å². The molecule has 11 heavy (non-hydrogen) atoms. The van der Waals surface area contributed by atoms with E-state index in [1.54, 1.807) is 0 Å². The summed E-state index contributed by atoms with van der Waals surface area (Å²) in [5.74, 6) is 0. The Balaban J connectivity index is 3.69. The molecule has 4 nitrogen and oxygen atoms in total. The van der Waals surface area contributed by atoms with Crippen LogP contribution in [0, 0.1) is 0 Å². The number of alkyl carbamates (subject to hydrolysis) is 1. The highest BCUT2D eigenvalue weighted by molar-refractivity contribution is 8.16. The molecule has 0 radical (unpaired) electrons. The minimum atomic E-state index is -0.778. The van der Waals surface area contributed by atoms with Crippen molar-refractivity contribution in [1.29, 1.82) is 0 Å². The Hall–Kier alpha value is -1.19. The Morgan fingerprint density at radius 1 is 1.73 bits per heavy atom. The fourth-order valence-corrected chi connectivity index (χ4v) is 0.592. The number of hydrogen-bond donors (Lipinski definition) is 1. The maximum atomic E-state index is 10.6. The molecule has 0 spiro atoms. The van der Waals surface area contributed by atoms with Crippen LogP contribution in [-0.4, -0.2) is 18.4 Å². The number of carbonyl (C=O) groups excluding carboxylic acids is 2. The summed E-state index contributed by atoms with van der Waals surface area (Å²) in [5, 5.41) is 2.74. The number of methoxy groups -OCH3 is 1. The molecule has 0 aliphatic heterocycles. The van der Waals surface area contributed by atoms with Gasteiger partial charge in [-0.05, 0) is 11.8 Å². The van der Waals surface area contributed by atoms with E-state index < -0.39 is 11.3 Å². The molecule has 0 unspecified atom stereocenters. The maximum Gasteiger partial charge on any atom is 0.414 e. The van der Waals surface area contributed by atoms with Gasteiger partial charge in [-0.25, -0.2) is 4.79 Å². The molecule has 2 amide bonds. The average Bonchev–Trinajstić information content (AvgIpc) is 2.00. The van der Waals surface area contributed by atoms with E-state index in [9.17, 15) is 9.59 Å². The summed E-state index contributed by atoms with van der Waals surface area (Å²) in [7, 11) is 1.18. The fraction of sp³-hybridized carbons (Fsp3) is 0.167. The SMILES string of the molecule is C=C=CSC(=O)NC(=O)OC. The van der Waals surface area contributed by atoms with Crippen molar-refractivity contribution in [2.45, 2.75) is 0 Å². The molecule has 0 saturated carbocycles. The number of ether oxygens (including phenoxy) is 1. The number of carbonyl (C=O) groups is 2. The zero-order valence-corrected chi connectivity index (χ0v) is 6.73. The number of imide groups is 1. The third-order valence-electron chi connectivity index (χ3n) is 0.639. The van der Waals surface area contributed by atoms with Crippen LogP contribution in [0.3, 0.4) is 0 Å². The maximum absolute atomic E-state index is 10.6. The summed E-state index contributed by atoms with van der Waals surface area (Å²) in [4.78, 5) is 21.0. The van der Waals surface area contributed by atoms with Gasteiger partial charge in [-0.15, -0.1) is 5.73 Å². The van der Waals surface area contributed by atoms with Crippen molar-refractivity contribution in [2.75, 3.05) is 7.11 Å². The van der Waals surface area contributed by atoms with E-state index in [2.05, 4.69) is 17.0 Å². The lowest BCUT2D eigenvalue weighted by molar-refractivity contribution is 0.173. The van der Waals surface area contributed by atoms with E-state index in [1.807, 2.05) is 5.32 Å². The van der Waals surface area contributed by atoms with E-state index in [1.165, 1.54) is 12.5 Å². The quantitative estimate of drug-likeness (QED) is 0.610. The first-order valence-corrected chi connectivity index (χ1v) is 3.48. The second kappa shape index (κ2) is 5.58. The van der Waals surface area contributed by atoms with Gasteiger partial charge in [0.15, 0.2) is 0 Å². The monoisotopic (exact) mass is 173 g/mol. The van der Waals surface area contributed by atoms with Crippen molar-refractivity contribution in [3.05, 3.63) is 17.7 Å². The van der Waals surface area contributed by atoms with Crippen LogP contribution in [-0.2, 0) is 4.74 Å². The summed E-state index contributed by atoms with van der Waals surface area (Å²) in [6.45, 7) is 3.23. The van der Waals surface area contributed by atoms with Crippen molar-refractivity contribution >= 4 is 23.1 Å². The van der Waals surface area contributed by atoms with Crippen LogP contribution in [0.2, 0.25) is 0 Å². The van der Waals surface area contributed by atoms with Gasteiger partial charge in [0.25, 0.3) is 5.24 Å². The highest BCUT2D eigenvalue weighted by atomic mass is 32.2. The van der Waals surface area contributed by atoms with Gasteiger partial charge in [-0.1, -0.05) is 6.58 Å². The average molecular weight is 173 g/mol. The van der Waals surface area contributed by atoms with Gasteiger partial charge in [0.05, 0.1) is 7.11 Å². The summed E-state index contributed by atoms with van der Waals surface area (Å²) >= 11 is 0.771. The predicted octanol–water partition coefficient (Wildman–Crippen LogP) is 1.49. The smallest absolute Gasteiger partial charge is 0.414 e. The van der Waals surface area contributed by atoms with Crippen LogP contribution < -0.4 is 5.32 Å². The molecule has 0 aromatic heterocycles. The minimum absolute atomic E-state index is 0.520. The summed E-state index contributed by atoms with van der Waals surface area (Å²) in [5.41, 5.74) is 2.36. The normalized spacial score (nSPS) is 7.73. The second-order valence-corrected chi connectivity index (χ2v) is 2.19. The molecule has 0 fully saturated rings. The molecular weight excluding hydrogens is 166 g/mol. The molecule has 0 aliphatic carbocycles. The van der Waals surface area contributed by atoms with E-state index in [0.717, 1.165) is 11.8 Å². The number of rotatable bonds is 1. The summed E-state index contributed by atoms with van der Waals surface area (Å²) in [6.07, 6.45) is -0.778. The van der Waals surface area contributed by atoms with Gasteiger partial charge in [0.2, 0.25) is 0 Å². The van der Waals surface area contributed by atoms with Crippen LogP contribution in [0.5, 0.6) is 0 Å². The highest BCUT2D eigenvalue weighted by Crippen LogP contribution is 2.00. The Morgan fingerprint density at radius 2 is 2.36 bits per heavy atom. The Bertz CT molecular complexity index is 208. The van der Waals surface area contributed by atoms with Crippen LogP contribution >= 0.6 is 11.8 Å². The van der Waals surface area contributed by atoms with Gasteiger partial charge in [-0.3, -0.25) is 10.1 Å². The first-order chi connectivity index (χ1) is 5.20. The number of nitrogens with one attached hydrogen (secondary N) is 1. The van der Waals surface area contributed by atoms with Crippen molar-refractivity contribution in [2.24, 2.45) is 0 Å². The lowest BCUT2D eigenvalue weighted by atomic mass is 11.0. The van der Waals surface area contributed by atoms with Crippen LogP contribution in [0.15, 0.2) is 17.7 Å². The van der Waals surface area contributed by atoms with E-state index in [4.69, 9.17) is 0 Å². The molecule has 60 valence electrons. The zero-order chi connectivity index (χ0) is 8.69. The highest BCUT2D eigenvalue weighted by Gasteiger charge is 2.04. The second-order valence-electron chi connectivity index (χ2n) is 1.34. The summed E-state index contributed by atoms with van der Waals surface area (Å²) in [6, 6.07) is 0. The van der Waals surface area contributed by atoms with Gasteiger partial charge in [0.1, 0.15) is 0 Å². The van der Waals surface area contributed by atoms with Crippen molar-refractivity contribution in [1.82, 2.24) is 5.32 Å². The lowest BCUT2D eigenvalue weighted by Gasteiger charge is -1.96. The van der Waals surface area contributed by atoms with Crippen molar-refractivity contribution in [3.63, 3.8) is 0 Å². The van der Waals surface area contributed by atoms with Crippen LogP contribution in [0.1, 0.15) is 0 Å². The van der Waals surface area contributed by atoms with Gasteiger partial charge in [0, 0.05) is 5.41 Å². The molecular formula is C6H7NO3S. The standard InChI is InChI=1S/C6H7NO3S/c1-3-4-11-6(9)7-5(8)10-2/h4H,1H2,2H3,(H,7,8,9). The van der Waals surface area contributed by atoms with E-state index in [0.29, 0.717) is 0 Å². The Morgan fingerprint density at radius 3 is 2.82 bits per heavy atom. The number of amides is 2. The minimum Gasteiger partial charge on any atom is -0.453 e. The molecule has 0 atom stereocenters. The molecule has 0 saturated heterocycles. The molecule has 0 aromatic rings. The third-order valence-corrected chi connectivity index (χ3v) is 1.24. The molecule has 1 N–H and O–H groups in total. The van der Waals surface area contributed by atoms with E-state index >= 15 is 0 Å². The lowest BCUT2D eigenvalue weighted by Crippen LogP contribution is -2.26. The Kier molecular flexibility index (Phi) is 4.98. The molecule has 0 aromatic carbocycles. The van der Waals surface area contributed by atoms with Crippen molar-refractivity contribution < 1.29 is 14.3 Å². The molecule has 5 heteroatoms. The molecule has 0 heterocycles. The van der Waals surface area contributed by atoms with Crippen molar-refractivity contribution in [3.8, 4) is 0 Å². The van der Waals surface area contributed by atoms with Gasteiger partial charge < -0.3 is 4.74 Å². The Labute approximate surface area is 68.3 Å². The molecule has 0 rings (SSSR count).